The number of nitrogens with one attached hydrogen (secondary N) is 1. The standard InChI is InChI=1S/C16H21N5O/c22-16(11-21-15-7-2-1-5-13(15)18-19-21)17-12-8-10-20-9-4-3-6-14(12)20/h1-2,5,7,12,14H,3-4,6,8-11H2,(H,17,22). The van der Waals surface area contributed by atoms with Gasteiger partial charge in [0.1, 0.15) is 12.1 Å². The average Bonchev–Trinajstić information content (AvgIpc) is 3.13. The molecule has 3 heterocycles. The van der Waals surface area contributed by atoms with Crippen LogP contribution in [0.1, 0.15) is 25.7 Å². The third-order valence-corrected chi connectivity index (χ3v) is 4.92. The van der Waals surface area contributed by atoms with Gasteiger partial charge in [0.25, 0.3) is 0 Å². The number of aromatic nitrogens is 3. The lowest BCUT2D eigenvalue weighted by molar-refractivity contribution is -0.122. The first kappa shape index (κ1) is 13.7. The summed E-state index contributed by atoms with van der Waals surface area (Å²) in [4.78, 5) is 14.9. The maximum absolute atomic E-state index is 12.4. The Morgan fingerprint density at radius 3 is 3.09 bits per heavy atom. The Balaban J connectivity index is 1.42. The van der Waals surface area contributed by atoms with Gasteiger partial charge in [0.15, 0.2) is 0 Å². The lowest BCUT2D eigenvalue weighted by Crippen LogP contribution is -2.47. The van der Waals surface area contributed by atoms with E-state index >= 15 is 0 Å². The van der Waals surface area contributed by atoms with Gasteiger partial charge in [-0.1, -0.05) is 23.8 Å². The second-order valence-electron chi connectivity index (χ2n) is 6.30. The molecule has 2 unspecified atom stereocenters. The Morgan fingerprint density at radius 1 is 1.23 bits per heavy atom. The largest absolute Gasteiger partial charge is 0.350 e. The molecular formula is C16H21N5O. The summed E-state index contributed by atoms with van der Waals surface area (Å²) in [6, 6.07) is 8.55. The highest BCUT2D eigenvalue weighted by atomic mass is 16.2. The molecule has 2 aromatic rings. The third-order valence-electron chi connectivity index (χ3n) is 4.92. The maximum Gasteiger partial charge on any atom is 0.242 e. The minimum absolute atomic E-state index is 0.0353. The fraction of sp³-hybridized carbons (Fsp3) is 0.562. The molecule has 22 heavy (non-hydrogen) atoms. The molecular weight excluding hydrogens is 278 g/mol. The number of hydrogen-bond donors (Lipinski definition) is 1. The predicted molar refractivity (Wildman–Crippen MR) is 83.3 cm³/mol. The summed E-state index contributed by atoms with van der Waals surface area (Å²) in [5.41, 5.74) is 1.73. The molecule has 2 fully saturated rings. The Kier molecular flexibility index (Phi) is 3.54. The van der Waals surface area contributed by atoms with Crippen molar-refractivity contribution < 1.29 is 4.79 Å². The van der Waals surface area contributed by atoms with Crippen LogP contribution < -0.4 is 5.32 Å². The first-order chi connectivity index (χ1) is 10.8. The molecule has 1 aromatic carbocycles. The molecule has 0 saturated carbocycles. The molecule has 2 aliphatic rings. The van der Waals surface area contributed by atoms with Crippen LogP contribution in [0.3, 0.4) is 0 Å². The van der Waals surface area contributed by atoms with Crippen molar-refractivity contribution in [3.63, 3.8) is 0 Å². The monoisotopic (exact) mass is 299 g/mol. The van der Waals surface area contributed by atoms with Crippen molar-refractivity contribution in [2.24, 2.45) is 0 Å². The van der Waals surface area contributed by atoms with Gasteiger partial charge in [0.05, 0.1) is 5.52 Å². The molecule has 1 N–H and O–H groups in total. The molecule has 6 heteroatoms. The molecule has 2 atom stereocenters. The van der Waals surface area contributed by atoms with E-state index in [2.05, 4.69) is 20.5 Å². The van der Waals surface area contributed by atoms with Crippen LogP contribution in [0, 0.1) is 0 Å². The van der Waals surface area contributed by atoms with Crippen LogP contribution >= 0.6 is 0 Å². The molecule has 0 spiro atoms. The van der Waals surface area contributed by atoms with Crippen molar-refractivity contribution in [3.8, 4) is 0 Å². The van der Waals surface area contributed by atoms with E-state index in [9.17, 15) is 4.79 Å². The topological polar surface area (TPSA) is 63.1 Å². The van der Waals surface area contributed by atoms with Gasteiger partial charge in [-0.3, -0.25) is 9.69 Å². The molecule has 0 radical (unpaired) electrons. The fourth-order valence-electron chi connectivity index (χ4n) is 3.84. The second-order valence-corrected chi connectivity index (χ2v) is 6.30. The van der Waals surface area contributed by atoms with E-state index in [0.29, 0.717) is 12.1 Å². The molecule has 2 saturated heterocycles. The highest BCUT2D eigenvalue weighted by molar-refractivity contribution is 5.79. The SMILES string of the molecule is O=C(Cn1nnc2ccccc21)NC1CCN2CCCCC12. The zero-order valence-corrected chi connectivity index (χ0v) is 12.6. The zero-order chi connectivity index (χ0) is 14.9. The van der Waals surface area contributed by atoms with Crippen LogP contribution in [0.25, 0.3) is 11.0 Å². The second kappa shape index (κ2) is 5.68. The number of hydrogen-bond acceptors (Lipinski definition) is 4. The van der Waals surface area contributed by atoms with Crippen LogP contribution in [0.2, 0.25) is 0 Å². The summed E-state index contributed by atoms with van der Waals surface area (Å²) >= 11 is 0. The van der Waals surface area contributed by atoms with Crippen LogP contribution in [-0.2, 0) is 11.3 Å². The average molecular weight is 299 g/mol. The van der Waals surface area contributed by atoms with Crippen molar-refractivity contribution in [1.29, 1.82) is 0 Å². The molecule has 0 bridgehead atoms. The van der Waals surface area contributed by atoms with E-state index in [1.807, 2.05) is 24.3 Å². The van der Waals surface area contributed by atoms with E-state index in [4.69, 9.17) is 0 Å². The van der Waals surface area contributed by atoms with Gasteiger partial charge in [-0.25, -0.2) is 4.68 Å². The van der Waals surface area contributed by atoms with Crippen LogP contribution in [-0.4, -0.2) is 51.0 Å². The fourth-order valence-corrected chi connectivity index (χ4v) is 3.84. The van der Waals surface area contributed by atoms with Crippen LogP contribution in [0.5, 0.6) is 0 Å². The highest BCUT2D eigenvalue weighted by Gasteiger charge is 2.36. The zero-order valence-electron chi connectivity index (χ0n) is 12.6. The highest BCUT2D eigenvalue weighted by Crippen LogP contribution is 2.27. The first-order valence-electron chi connectivity index (χ1n) is 8.13. The number of carbonyl (C=O) groups excluding carboxylic acids is 1. The summed E-state index contributed by atoms with van der Waals surface area (Å²) in [6.07, 6.45) is 4.84. The summed E-state index contributed by atoms with van der Waals surface area (Å²) < 4.78 is 1.68. The number of amides is 1. The Hall–Kier alpha value is -1.95. The minimum Gasteiger partial charge on any atom is -0.350 e. The van der Waals surface area contributed by atoms with Gasteiger partial charge in [0.2, 0.25) is 5.91 Å². The van der Waals surface area contributed by atoms with E-state index in [0.717, 1.165) is 24.0 Å². The van der Waals surface area contributed by atoms with Gasteiger partial charge < -0.3 is 5.32 Å². The van der Waals surface area contributed by atoms with Gasteiger partial charge >= 0.3 is 0 Å². The van der Waals surface area contributed by atoms with Crippen molar-refractivity contribution in [1.82, 2.24) is 25.2 Å². The number of piperidine rings is 1. The Morgan fingerprint density at radius 2 is 2.14 bits per heavy atom. The Labute approximate surface area is 129 Å². The maximum atomic E-state index is 12.4. The van der Waals surface area contributed by atoms with Gasteiger partial charge in [-0.2, -0.15) is 0 Å². The molecule has 1 amide bonds. The van der Waals surface area contributed by atoms with E-state index in [-0.39, 0.29) is 12.5 Å². The quantitative estimate of drug-likeness (QED) is 0.924. The van der Waals surface area contributed by atoms with Crippen LogP contribution in [0.15, 0.2) is 24.3 Å². The summed E-state index contributed by atoms with van der Waals surface area (Å²) in [6.45, 7) is 2.54. The Bertz CT molecular complexity index is 682. The van der Waals surface area contributed by atoms with Gasteiger partial charge in [-0.05, 0) is 37.9 Å². The van der Waals surface area contributed by atoms with Crippen molar-refractivity contribution >= 4 is 16.9 Å². The molecule has 116 valence electrons. The lowest BCUT2D eigenvalue weighted by Gasteiger charge is -2.32. The number of nitrogens with zero attached hydrogens (tertiary/aromatic N) is 4. The number of rotatable bonds is 3. The van der Waals surface area contributed by atoms with Gasteiger partial charge in [-0.15, -0.1) is 5.10 Å². The van der Waals surface area contributed by atoms with Crippen molar-refractivity contribution in [2.75, 3.05) is 13.1 Å². The van der Waals surface area contributed by atoms with Crippen LogP contribution in [0.4, 0.5) is 0 Å². The predicted octanol–water partition coefficient (Wildman–Crippen LogP) is 1.17. The third kappa shape index (κ3) is 2.47. The summed E-state index contributed by atoms with van der Waals surface area (Å²) in [5, 5.41) is 11.4. The number of carbonyl (C=O) groups is 1. The smallest absolute Gasteiger partial charge is 0.242 e. The number of fused-ring (bicyclic) bond motifs is 2. The van der Waals surface area contributed by atoms with E-state index in [1.165, 1.54) is 25.8 Å². The van der Waals surface area contributed by atoms with Crippen molar-refractivity contribution in [2.45, 2.75) is 44.3 Å². The lowest BCUT2D eigenvalue weighted by atomic mass is 9.99. The molecule has 4 rings (SSSR count). The minimum atomic E-state index is 0.0353. The summed E-state index contributed by atoms with van der Waals surface area (Å²) in [7, 11) is 0. The molecule has 6 nitrogen and oxygen atoms in total. The first-order valence-corrected chi connectivity index (χ1v) is 8.13. The number of benzene rings is 1. The van der Waals surface area contributed by atoms with E-state index in [1.54, 1.807) is 4.68 Å². The van der Waals surface area contributed by atoms with Crippen molar-refractivity contribution in [3.05, 3.63) is 24.3 Å². The van der Waals surface area contributed by atoms with Gasteiger partial charge in [0, 0.05) is 18.6 Å². The number of para-hydroxylation sites is 1. The van der Waals surface area contributed by atoms with E-state index < -0.39 is 0 Å². The molecule has 0 aliphatic carbocycles. The normalized spacial score (nSPS) is 25.3. The molecule has 2 aliphatic heterocycles. The summed E-state index contributed by atoms with van der Waals surface area (Å²) in [5.74, 6) is 0.0353. The molecule has 1 aromatic heterocycles.